The predicted octanol–water partition coefficient (Wildman–Crippen LogP) is 2.47. The first-order valence-corrected chi connectivity index (χ1v) is 6.23. The van der Waals surface area contributed by atoms with Crippen LogP contribution in [-0.4, -0.2) is 48.5 Å². The van der Waals surface area contributed by atoms with Crippen molar-refractivity contribution in [3.05, 3.63) is 24.3 Å². The fourth-order valence-corrected chi connectivity index (χ4v) is 1.47. The van der Waals surface area contributed by atoms with Gasteiger partial charge in [0.05, 0.1) is 13.2 Å². The van der Waals surface area contributed by atoms with Gasteiger partial charge in [-0.25, -0.2) is 4.79 Å². The molecule has 0 aliphatic heterocycles. The first-order valence-electron chi connectivity index (χ1n) is 6.23. The van der Waals surface area contributed by atoms with E-state index in [0.29, 0.717) is 18.0 Å². The molecular formula is C13H17F3N2O3. The molecule has 1 aromatic carbocycles. The van der Waals surface area contributed by atoms with E-state index in [4.69, 9.17) is 9.84 Å². The molecule has 0 saturated carbocycles. The number of alkyl halides is 3. The Morgan fingerprint density at radius 3 is 2.43 bits per heavy atom. The topological polar surface area (TPSA) is 61.8 Å². The summed E-state index contributed by atoms with van der Waals surface area (Å²) in [7, 11) is 1.17. The summed E-state index contributed by atoms with van der Waals surface area (Å²) >= 11 is 0. The molecule has 0 heterocycles. The van der Waals surface area contributed by atoms with Crippen LogP contribution in [0.4, 0.5) is 23.7 Å². The summed E-state index contributed by atoms with van der Waals surface area (Å²) in [5.74, 6) is 0.622. The van der Waals surface area contributed by atoms with Crippen molar-refractivity contribution in [3.63, 3.8) is 0 Å². The van der Waals surface area contributed by atoms with Crippen molar-refractivity contribution >= 4 is 11.7 Å². The fourth-order valence-electron chi connectivity index (χ4n) is 1.47. The zero-order chi connectivity index (χ0) is 16.0. The number of aliphatic hydroxyl groups excluding tert-OH is 1. The lowest BCUT2D eigenvalue weighted by molar-refractivity contribution is -0.205. The van der Waals surface area contributed by atoms with Crippen LogP contribution in [0.3, 0.4) is 0 Å². The molecule has 1 aromatic rings. The average Bonchev–Trinajstić information content (AvgIpc) is 2.40. The van der Waals surface area contributed by atoms with Crippen molar-refractivity contribution in [1.82, 2.24) is 4.90 Å². The minimum Gasteiger partial charge on any atom is -0.494 e. The first kappa shape index (κ1) is 17.1. The lowest BCUT2D eigenvalue weighted by Crippen LogP contribution is -2.43. The van der Waals surface area contributed by atoms with Gasteiger partial charge >= 0.3 is 12.2 Å². The second-order valence-electron chi connectivity index (χ2n) is 4.33. The molecule has 2 N–H and O–H groups in total. The highest BCUT2D eigenvalue weighted by molar-refractivity contribution is 5.89. The number of carbonyl (C=O) groups excluding carboxylic acids is 1. The Morgan fingerprint density at radius 2 is 1.95 bits per heavy atom. The van der Waals surface area contributed by atoms with Crippen LogP contribution in [0.2, 0.25) is 0 Å². The summed E-state index contributed by atoms with van der Waals surface area (Å²) in [4.78, 5) is 12.4. The second kappa shape index (κ2) is 7.16. The molecular weight excluding hydrogens is 289 g/mol. The molecule has 0 radical (unpaired) electrons. The maximum atomic E-state index is 12.2. The van der Waals surface area contributed by atoms with Crippen molar-refractivity contribution in [2.45, 2.75) is 19.2 Å². The Kier molecular flexibility index (Phi) is 5.83. The minimum atomic E-state index is -4.76. The Hall–Kier alpha value is -1.96. The molecule has 118 valence electrons. The summed E-state index contributed by atoms with van der Waals surface area (Å²) in [6.07, 6.45) is -7.33. The van der Waals surface area contributed by atoms with Crippen LogP contribution in [0.25, 0.3) is 0 Å². The normalized spacial score (nSPS) is 12.7. The summed E-state index contributed by atoms with van der Waals surface area (Å²) < 4.78 is 41.8. The van der Waals surface area contributed by atoms with Gasteiger partial charge in [0.2, 0.25) is 0 Å². The number of nitrogens with zero attached hydrogens (tertiary/aromatic N) is 1. The molecule has 8 heteroatoms. The predicted molar refractivity (Wildman–Crippen MR) is 71.3 cm³/mol. The molecule has 0 saturated heterocycles. The molecule has 1 unspecified atom stereocenters. The van der Waals surface area contributed by atoms with E-state index < -0.39 is 24.9 Å². The van der Waals surface area contributed by atoms with Gasteiger partial charge in [-0.15, -0.1) is 0 Å². The van der Waals surface area contributed by atoms with Crippen molar-refractivity contribution < 1.29 is 27.8 Å². The van der Waals surface area contributed by atoms with E-state index in [1.54, 1.807) is 24.3 Å². The highest BCUT2D eigenvalue weighted by Gasteiger charge is 2.39. The Labute approximate surface area is 120 Å². The van der Waals surface area contributed by atoms with Crippen LogP contribution in [0, 0.1) is 0 Å². The number of rotatable bonds is 5. The van der Waals surface area contributed by atoms with Gasteiger partial charge in [-0.05, 0) is 31.2 Å². The number of nitrogens with one attached hydrogen (secondary N) is 1. The molecule has 0 spiro atoms. The van der Waals surface area contributed by atoms with E-state index in [0.717, 1.165) is 4.90 Å². The molecule has 0 aromatic heterocycles. The second-order valence-corrected chi connectivity index (χ2v) is 4.33. The summed E-state index contributed by atoms with van der Waals surface area (Å²) in [5, 5.41) is 11.3. The van der Waals surface area contributed by atoms with E-state index in [1.165, 1.54) is 7.05 Å². The number of hydrogen-bond donors (Lipinski definition) is 2. The molecule has 0 aliphatic rings. The van der Waals surface area contributed by atoms with Gasteiger partial charge in [0.25, 0.3) is 0 Å². The van der Waals surface area contributed by atoms with Gasteiger partial charge in [0, 0.05) is 12.7 Å². The first-order chi connectivity index (χ1) is 9.74. The molecule has 0 fully saturated rings. The number of anilines is 1. The summed E-state index contributed by atoms with van der Waals surface area (Å²) in [6.45, 7) is 1.49. The number of carbonyl (C=O) groups is 1. The number of halogens is 3. The number of ether oxygens (including phenoxy) is 1. The maximum Gasteiger partial charge on any atom is 0.416 e. The number of amides is 2. The van der Waals surface area contributed by atoms with Gasteiger partial charge in [-0.2, -0.15) is 13.2 Å². The smallest absolute Gasteiger partial charge is 0.416 e. The molecule has 1 rings (SSSR count). The Balaban J connectivity index is 2.56. The monoisotopic (exact) mass is 306 g/mol. The summed E-state index contributed by atoms with van der Waals surface area (Å²) in [6, 6.07) is 5.64. The number of aliphatic hydroxyl groups is 1. The maximum absolute atomic E-state index is 12.2. The van der Waals surface area contributed by atoms with Gasteiger partial charge in [-0.3, -0.25) is 0 Å². The Morgan fingerprint density at radius 1 is 1.38 bits per heavy atom. The number of benzene rings is 1. The van der Waals surface area contributed by atoms with Crippen LogP contribution in [-0.2, 0) is 0 Å². The van der Waals surface area contributed by atoms with Crippen LogP contribution in [0.15, 0.2) is 24.3 Å². The molecule has 2 amide bonds. The molecule has 0 bridgehead atoms. The third-order valence-electron chi connectivity index (χ3n) is 2.59. The quantitative estimate of drug-likeness (QED) is 0.878. The van der Waals surface area contributed by atoms with Crippen molar-refractivity contribution in [3.8, 4) is 5.75 Å². The van der Waals surface area contributed by atoms with Crippen molar-refractivity contribution in [2.24, 2.45) is 0 Å². The van der Waals surface area contributed by atoms with Gasteiger partial charge in [-0.1, -0.05) is 0 Å². The van der Waals surface area contributed by atoms with Crippen LogP contribution in [0.5, 0.6) is 5.75 Å². The molecule has 5 nitrogen and oxygen atoms in total. The van der Waals surface area contributed by atoms with Gasteiger partial charge in [0.1, 0.15) is 5.75 Å². The zero-order valence-electron chi connectivity index (χ0n) is 11.6. The highest BCUT2D eigenvalue weighted by Crippen LogP contribution is 2.21. The molecule has 0 aliphatic carbocycles. The standard InChI is InChI=1S/C13H17F3N2O3/c1-3-21-10-6-4-9(5-7-10)17-12(20)18(2)8-11(19)13(14,15)16/h4-7,11,19H,3,8H2,1-2H3,(H,17,20). The van der Waals surface area contributed by atoms with Gasteiger partial charge < -0.3 is 20.1 Å². The van der Waals surface area contributed by atoms with Crippen LogP contribution < -0.4 is 10.1 Å². The highest BCUT2D eigenvalue weighted by atomic mass is 19.4. The largest absolute Gasteiger partial charge is 0.494 e. The van der Waals surface area contributed by atoms with Crippen LogP contribution in [0.1, 0.15) is 6.92 Å². The van der Waals surface area contributed by atoms with Gasteiger partial charge in [0.15, 0.2) is 6.10 Å². The fraction of sp³-hybridized carbons (Fsp3) is 0.462. The van der Waals surface area contributed by atoms with E-state index in [-0.39, 0.29) is 0 Å². The Bertz CT molecular complexity index is 463. The SMILES string of the molecule is CCOc1ccc(NC(=O)N(C)CC(O)C(F)(F)F)cc1. The van der Waals surface area contributed by atoms with E-state index in [2.05, 4.69) is 5.32 Å². The van der Waals surface area contributed by atoms with Crippen LogP contribution >= 0.6 is 0 Å². The van der Waals surface area contributed by atoms with Crippen molar-refractivity contribution in [2.75, 3.05) is 25.5 Å². The van der Waals surface area contributed by atoms with E-state index in [1.807, 2.05) is 6.92 Å². The average molecular weight is 306 g/mol. The summed E-state index contributed by atoms with van der Waals surface area (Å²) in [5.41, 5.74) is 0.414. The van der Waals surface area contributed by atoms with Crippen molar-refractivity contribution in [1.29, 1.82) is 0 Å². The number of hydrogen-bond acceptors (Lipinski definition) is 3. The van der Waals surface area contributed by atoms with E-state index in [9.17, 15) is 18.0 Å². The minimum absolute atomic E-state index is 0.414. The number of likely N-dealkylation sites (N-methyl/N-ethyl adjacent to an activating group) is 1. The lowest BCUT2D eigenvalue weighted by Gasteiger charge is -2.22. The zero-order valence-corrected chi connectivity index (χ0v) is 11.6. The third kappa shape index (κ3) is 5.50. The number of urea groups is 1. The molecule has 21 heavy (non-hydrogen) atoms. The van der Waals surface area contributed by atoms with E-state index >= 15 is 0 Å². The third-order valence-corrected chi connectivity index (χ3v) is 2.59. The lowest BCUT2D eigenvalue weighted by atomic mass is 10.3. The molecule has 1 atom stereocenters.